The van der Waals surface area contributed by atoms with Gasteiger partial charge in [-0.25, -0.2) is 13.6 Å². The molecule has 38 heavy (non-hydrogen) atoms. The molecular formula is C26H35BF2N4O5. The molecule has 0 aromatic heterocycles. The first-order valence-electron chi connectivity index (χ1n) is 12.7. The van der Waals surface area contributed by atoms with Gasteiger partial charge in [0.25, 0.3) is 5.91 Å². The van der Waals surface area contributed by atoms with Crippen LogP contribution < -0.4 is 5.32 Å². The van der Waals surface area contributed by atoms with E-state index in [0.29, 0.717) is 19.4 Å². The van der Waals surface area contributed by atoms with Gasteiger partial charge >= 0.3 is 13.2 Å². The average molecular weight is 532 g/mol. The molecule has 1 unspecified atom stereocenters. The fourth-order valence-corrected chi connectivity index (χ4v) is 4.96. The molecule has 1 aromatic rings. The highest BCUT2D eigenvalue weighted by molar-refractivity contribution is 6.43. The van der Waals surface area contributed by atoms with Crippen LogP contribution in [0, 0.1) is 11.3 Å². The molecule has 12 heteroatoms. The maximum absolute atomic E-state index is 13.8. The first kappa shape index (κ1) is 29.5. The highest BCUT2D eigenvalue weighted by atomic mass is 19.2. The van der Waals surface area contributed by atoms with E-state index in [1.807, 2.05) is 12.1 Å². The summed E-state index contributed by atoms with van der Waals surface area (Å²) in [4.78, 5) is 28.9. The van der Waals surface area contributed by atoms with Crippen LogP contribution in [0.1, 0.15) is 39.2 Å². The minimum atomic E-state index is -1.81. The Bertz CT molecular complexity index is 1060. The minimum Gasteiger partial charge on any atom is -0.447 e. The number of alkyl carbamates (subject to hydrolysis) is 1. The normalized spacial score (nSPS) is 25.1. The lowest BCUT2D eigenvalue weighted by Gasteiger charge is -2.36. The number of hydrogen-bond acceptors (Lipinski definition) is 7. The number of nitrogens with zero attached hydrogens (tertiary/aromatic N) is 3. The zero-order chi connectivity index (χ0) is 28.1. The summed E-state index contributed by atoms with van der Waals surface area (Å²) in [6.07, 6.45) is -1.35. The van der Waals surface area contributed by atoms with Gasteiger partial charge in [0.2, 0.25) is 0 Å². The third-order valence-electron chi connectivity index (χ3n) is 7.32. The number of nitriles is 1. The fourth-order valence-electron chi connectivity index (χ4n) is 4.96. The number of carbonyl (C=O) groups excluding carboxylic acids is 2. The predicted octanol–water partition coefficient (Wildman–Crippen LogP) is 1.94. The van der Waals surface area contributed by atoms with Crippen LogP contribution in [0.4, 0.5) is 13.6 Å². The largest absolute Gasteiger partial charge is 0.475 e. The first-order valence-corrected chi connectivity index (χ1v) is 12.7. The van der Waals surface area contributed by atoms with E-state index in [1.165, 1.54) is 11.0 Å². The third kappa shape index (κ3) is 7.10. The van der Waals surface area contributed by atoms with Gasteiger partial charge in [-0.05, 0) is 51.7 Å². The molecule has 0 radical (unpaired) electrons. The number of carbonyl (C=O) groups is 2. The van der Waals surface area contributed by atoms with E-state index in [9.17, 15) is 33.7 Å². The lowest BCUT2D eigenvalue weighted by atomic mass is 9.76. The third-order valence-corrected chi connectivity index (χ3v) is 7.32. The second kappa shape index (κ2) is 12.2. The summed E-state index contributed by atoms with van der Waals surface area (Å²) in [6, 6.07) is 10.9. The van der Waals surface area contributed by atoms with Crippen LogP contribution in [-0.2, 0) is 16.0 Å². The van der Waals surface area contributed by atoms with Gasteiger partial charge in [0.05, 0.1) is 11.5 Å². The Balaban J connectivity index is 1.65. The monoisotopic (exact) mass is 532 g/mol. The van der Waals surface area contributed by atoms with Crippen molar-refractivity contribution in [2.24, 2.45) is 0 Å². The molecule has 0 bridgehead atoms. The quantitative estimate of drug-likeness (QED) is 0.252. The van der Waals surface area contributed by atoms with E-state index >= 15 is 0 Å². The Morgan fingerprint density at radius 2 is 1.92 bits per heavy atom. The van der Waals surface area contributed by atoms with Crippen LogP contribution in [0.25, 0.3) is 0 Å². The average Bonchev–Trinajstić information content (AvgIpc) is 3.43. The van der Waals surface area contributed by atoms with Gasteiger partial charge in [0, 0.05) is 25.2 Å². The van der Waals surface area contributed by atoms with E-state index in [1.54, 1.807) is 49.9 Å². The zero-order valence-electron chi connectivity index (χ0n) is 21.9. The Morgan fingerprint density at radius 1 is 1.29 bits per heavy atom. The smallest absolute Gasteiger partial charge is 0.447 e. The molecule has 2 aliphatic heterocycles. The molecule has 0 spiro atoms. The predicted molar refractivity (Wildman–Crippen MR) is 137 cm³/mol. The first-order chi connectivity index (χ1) is 17.9. The standard InChI is InChI=1S/C26H35BF2N4O5/c1-25(2,32-15-20(28)21(29)16-32)13-19(14-30)23(34)33-11-7-10-26(33,3)17-38-24(35)31-22(27(36)37)12-18-8-5-4-6-9-18/h4-6,8-9,13,20-22,36-37H,7,10-12,15-17H2,1-3H3,(H,31,35)/t20-,21+,22?,26-/m1/s1. The summed E-state index contributed by atoms with van der Waals surface area (Å²) in [7, 11) is -1.81. The molecule has 2 heterocycles. The van der Waals surface area contributed by atoms with Crippen molar-refractivity contribution in [3.63, 3.8) is 0 Å². The van der Waals surface area contributed by atoms with Gasteiger partial charge in [0.15, 0.2) is 0 Å². The molecule has 2 aliphatic rings. The van der Waals surface area contributed by atoms with Crippen LogP contribution in [0.15, 0.2) is 42.0 Å². The van der Waals surface area contributed by atoms with Gasteiger partial charge in [-0.15, -0.1) is 0 Å². The summed E-state index contributed by atoms with van der Waals surface area (Å²) >= 11 is 0. The van der Waals surface area contributed by atoms with Crippen molar-refractivity contribution in [2.75, 3.05) is 26.2 Å². The number of benzene rings is 1. The van der Waals surface area contributed by atoms with Gasteiger partial charge < -0.3 is 25.0 Å². The molecule has 2 amide bonds. The summed E-state index contributed by atoms with van der Waals surface area (Å²) in [5, 5.41) is 31.6. The SMILES string of the molecule is CC(C)(C=C(C#N)C(=O)N1CCC[C@]1(C)COC(=O)NC(Cc1ccccc1)B(O)O)N1C[C@@H](F)[C@@H](F)C1. The van der Waals surface area contributed by atoms with E-state index in [2.05, 4.69) is 5.32 Å². The molecule has 2 saturated heterocycles. The van der Waals surface area contributed by atoms with E-state index in [-0.39, 0.29) is 31.7 Å². The van der Waals surface area contributed by atoms with Gasteiger partial charge in [-0.3, -0.25) is 9.69 Å². The van der Waals surface area contributed by atoms with Crippen LogP contribution >= 0.6 is 0 Å². The number of likely N-dealkylation sites (tertiary alicyclic amines) is 2. The highest BCUT2D eigenvalue weighted by Gasteiger charge is 2.44. The highest BCUT2D eigenvalue weighted by Crippen LogP contribution is 2.32. The molecule has 9 nitrogen and oxygen atoms in total. The van der Waals surface area contributed by atoms with Gasteiger partial charge in [0.1, 0.15) is 30.6 Å². The maximum atomic E-state index is 13.8. The number of hydrogen-bond donors (Lipinski definition) is 3. The Labute approximate surface area is 222 Å². The van der Waals surface area contributed by atoms with Crippen molar-refractivity contribution < 1.29 is 33.2 Å². The lowest BCUT2D eigenvalue weighted by molar-refractivity contribution is -0.131. The molecule has 1 aromatic carbocycles. The molecule has 0 saturated carbocycles. The molecule has 4 atom stereocenters. The summed E-state index contributed by atoms with van der Waals surface area (Å²) in [6.45, 7) is 5.04. The summed E-state index contributed by atoms with van der Waals surface area (Å²) in [5.74, 6) is -1.56. The number of ether oxygens (including phenoxy) is 1. The number of amides is 2. The molecule has 0 aliphatic carbocycles. The van der Waals surface area contributed by atoms with Crippen LogP contribution in [0.2, 0.25) is 0 Å². The fraction of sp³-hybridized carbons (Fsp3) is 0.577. The van der Waals surface area contributed by atoms with E-state index in [0.717, 1.165) is 5.56 Å². The van der Waals surface area contributed by atoms with Crippen molar-refractivity contribution in [1.82, 2.24) is 15.1 Å². The second-order valence-corrected chi connectivity index (χ2v) is 10.7. The lowest BCUT2D eigenvalue weighted by Crippen LogP contribution is -2.52. The number of nitrogens with one attached hydrogen (secondary N) is 1. The second-order valence-electron chi connectivity index (χ2n) is 10.7. The molecular weight excluding hydrogens is 497 g/mol. The van der Waals surface area contributed by atoms with Crippen molar-refractivity contribution >= 4 is 19.1 Å². The van der Waals surface area contributed by atoms with Gasteiger partial charge in [-0.1, -0.05) is 30.3 Å². The molecule has 2 fully saturated rings. The minimum absolute atomic E-state index is 0.129. The van der Waals surface area contributed by atoms with E-state index in [4.69, 9.17) is 4.74 Å². The van der Waals surface area contributed by atoms with Crippen molar-refractivity contribution in [3.05, 3.63) is 47.5 Å². The maximum Gasteiger partial charge on any atom is 0.475 e. The Hall–Kier alpha value is -3.01. The van der Waals surface area contributed by atoms with Crippen LogP contribution in [0.5, 0.6) is 0 Å². The van der Waals surface area contributed by atoms with Crippen molar-refractivity contribution in [3.8, 4) is 6.07 Å². The van der Waals surface area contributed by atoms with Crippen molar-refractivity contribution in [2.45, 2.75) is 69.4 Å². The van der Waals surface area contributed by atoms with Crippen LogP contribution in [-0.4, -0.2) is 94.6 Å². The number of alkyl halides is 2. The number of halogens is 2. The topological polar surface area (TPSA) is 126 Å². The van der Waals surface area contributed by atoms with Crippen molar-refractivity contribution in [1.29, 1.82) is 5.26 Å². The Kier molecular flexibility index (Phi) is 9.52. The summed E-state index contributed by atoms with van der Waals surface area (Å²) < 4.78 is 32.9. The number of rotatable bonds is 9. The summed E-state index contributed by atoms with van der Waals surface area (Å²) in [5.41, 5.74) is -1.20. The Morgan fingerprint density at radius 3 is 2.50 bits per heavy atom. The van der Waals surface area contributed by atoms with Gasteiger partial charge in [-0.2, -0.15) is 5.26 Å². The molecule has 206 valence electrons. The van der Waals surface area contributed by atoms with E-state index < -0.39 is 48.5 Å². The van der Waals surface area contributed by atoms with Crippen LogP contribution in [0.3, 0.4) is 0 Å². The zero-order valence-corrected chi connectivity index (χ0v) is 21.9. The molecule has 3 N–H and O–H groups in total. The molecule has 3 rings (SSSR count).